The van der Waals surface area contributed by atoms with E-state index in [1.54, 1.807) is 0 Å². The second-order valence-corrected chi connectivity index (χ2v) is 18.3. The summed E-state index contributed by atoms with van der Waals surface area (Å²) in [6.07, 6.45) is 2.06. The molecule has 2 unspecified atom stereocenters. The maximum atomic E-state index is 13.2. The fourth-order valence-electron chi connectivity index (χ4n) is 10.2. The number of hydrogen-bond acceptors (Lipinski definition) is 7. The molecule has 0 saturated heterocycles. The van der Waals surface area contributed by atoms with Gasteiger partial charge in [-0.2, -0.15) is 0 Å². The zero-order chi connectivity index (χ0) is 36.1. The van der Waals surface area contributed by atoms with E-state index in [1.807, 2.05) is 0 Å². The van der Waals surface area contributed by atoms with Gasteiger partial charge in [0.15, 0.2) is 23.0 Å². The SMILES string of the molecule is CC1Oc2cc3c(cc2OC1(C)C)C(C)(C)CC31CC(C)(C)c2cc3c(cc21)Oc1c(c(CCOO)c2c(c1C(=O)O)C(C)(C)C2(C)C)OC3. The Morgan fingerprint density at radius 2 is 1.38 bits per heavy atom. The summed E-state index contributed by atoms with van der Waals surface area (Å²) in [6.45, 7) is 24.1. The van der Waals surface area contributed by atoms with Crippen LogP contribution in [0.15, 0.2) is 24.3 Å². The lowest BCUT2D eigenvalue weighted by atomic mass is 9.47. The van der Waals surface area contributed by atoms with Crippen LogP contribution in [-0.2, 0) is 45.0 Å². The van der Waals surface area contributed by atoms with Gasteiger partial charge in [0, 0.05) is 28.4 Å². The molecule has 2 N–H and O–H groups in total. The zero-order valence-corrected chi connectivity index (χ0v) is 31.3. The lowest BCUT2D eigenvalue weighted by Crippen LogP contribution is -2.53. The summed E-state index contributed by atoms with van der Waals surface area (Å²) in [4.78, 5) is 17.7. The number of benzene rings is 3. The maximum absolute atomic E-state index is 13.2. The lowest BCUT2D eigenvalue weighted by Gasteiger charge is -2.56. The Balaban J connectivity index is 1.33. The van der Waals surface area contributed by atoms with Gasteiger partial charge in [-0.25, -0.2) is 9.68 Å². The normalized spacial score (nSPS) is 25.9. The van der Waals surface area contributed by atoms with Gasteiger partial charge >= 0.3 is 5.97 Å². The fourth-order valence-corrected chi connectivity index (χ4v) is 10.2. The Morgan fingerprint density at radius 1 is 0.800 bits per heavy atom. The van der Waals surface area contributed by atoms with E-state index in [2.05, 4.69) is 105 Å². The van der Waals surface area contributed by atoms with E-state index in [-0.39, 0.29) is 52.3 Å². The molecular formula is C42H50O8. The number of aromatic carboxylic acids is 1. The maximum Gasteiger partial charge on any atom is 0.339 e. The van der Waals surface area contributed by atoms with Crippen LogP contribution in [0.5, 0.6) is 28.7 Å². The molecule has 3 aromatic carbocycles. The van der Waals surface area contributed by atoms with Crippen LogP contribution in [0, 0.1) is 0 Å². The van der Waals surface area contributed by atoms with Crippen molar-refractivity contribution >= 4 is 5.97 Å². The number of rotatable bonds is 4. The molecule has 2 aliphatic heterocycles. The average molecular weight is 683 g/mol. The van der Waals surface area contributed by atoms with E-state index in [0.29, 0.717) is 17.9 Å². The first-order valence-electron chi connectivity index (χ1n) is 17.9. The molecule has 50 heavy (non-hydrogen) atoms. The predicted octanol–water partition coefficient (Wildman–Crippen LogP) is 9.26. The number of carbonyl (C=O) groups is 1. The molecule has 0 fully saturated rings. The molecule has 3 aliphatic carbocycles. The molecule has 0 bridgehead atoms. The molecule has 0 radical (unpaired) electrons. The highest BCUT2D eigenvalue weighted by Gasteiger charge is 2.59. The summed E-state index contributed by atoms with van der Waals surface area (Å²) in [5.74, 6) is 1.77. The molecule has 8 nitrogen and oxygen atoms in total. The topological polar surface area (TPSA) is 104 Å². The Morgan fingerprint density at radius 3 is 2.00 bits per heavy atom. The van der Waals surface area contributed by atoms with Gasteiger partial charge in [-0.15, -0.1) is 0 Å². The van der Waals surface area contributed by atoms with Crippen molar-refractivity contribution in [2.24, 2.45) is 0 Å². The zero-order valence-electron chi connectivity index (χ0n) is 31.3. The fraction of sp³-hybridized carbons (Fsp3) is 0.548. The summed E-state index contributed by atoms with van der Waals surface area (Å²) in [5.41, 5.74) is 6.70. The molecule has 8 heteroatoms. The third kappa shape index (κ3) is 4.15. The van der Waals surface area contributed by atoms with E-state index in [0.717, 1.165) is 46.6 Å². The minimum absolute atomic E-state index is 0.0487. The largest absolute Gasteiger partial charge is 0.485 e. The molecule has 5 aliphatic rings. The second kappa shape index (κ2) is 9.97. The summed E-state index contributed by atoms with van der Waals surface area (Å²) in [6, 6.07) is 8.83. The number of carboxylic acid groups (broad SMARTS) is 1. The van der Waals surface area contributed by atoms with Crippen LogP contribution < -0.4 is 18.9 Å². The molecule has 0 aromatic heterocycles. The number of hydrogen-bond donors (Lipinski definition) is 2. The molecule has 1 spiro atoms. The predicted molar refractivity (Wildman–Crippen MR) is 190 cm³/mol. The first kappa shape index (κ1) is 33.4. The Kier molecular flexibility index (Phi) is 6.66. The van der Waals surface area contributed by atoms with Gasteiger partial charge in [0.2, 0.25) is 0 Å². The number of carboxylic acids is 1. The van der Waals surface area contributed by atoms with Gasteiger partial charge in [0.05, 0.1) is 6.61 Å². The molecule has 3 aromatic rings. The molecule has 2 heterocycles. The summed E-state index contributed by atoms with van der Waals surface area (Å²) >= 11 is 0. The van der Waals surface area contributed by atoms with Crippen molar-refractivity contribution < 1.29 is 39.0 Å². The quantitative estimate of drug-likeness (QED) is 0.207. The smallest absolute Gasteiger partial charge is 0.339 e. The molecular weight excluding hydrogens is 632 g/mol. The van der Waals surface area contributed by atoms with Crippen molar-refractivity contribution in [2.75, 3.05) is 6.61 Å². The first-order valence-corrected chi connectivity index (χ1v) is 17.9. The van der Waals surface area contributed by atoms with Crippen LogP contribution >= 0.6 is 0 Å². The van der Waals surface area contributed by atoms with Crippen LogP contribution in [0.3, 0.4) is 0 Å². The lowest BCUT2D eigenvalue weighted by molar-refractivity contribution is -0.241. The Hall–Kier alpha value is -3.75. The van der Waals surface area contributed by atoms with Crippen molar-refractivity contribution in [3.8, 4) is 28.7 Å². The molecule has 2 atom stereocenters. The Bertz CT molecular complexity index is 2010. The Labute approximate surface area is 295 Å². The average Bonchev–Trinajstić information content (AvgIpc) is 3.24. The molecule has 266 valence electrons. The van der Waals surface area contributed by atoms with E-state index in [1.165, 1.54) is 22.3 Å². The van der Waals surface area contributed by atoms with Gasteiger partial charge in [-0.3, -0.25) is 5.26 Å². The standard InChI is InChI=1S/C42H50O8/c1-21-41(10,11)50-30-15-25-27(17-29(30)48-21)42(20-38(25,4)5)19-37(2,3)24-14-22-18-46-34-23(12-13-47-45)32-33(40(8,9)39(32,6)7)31(36(43)44)35(34)49-28(22)16-26(24)42/h14-17,21,45H,12-13,18-20H2,1-11H3,(H,43,44). The van der Waals surface area contributed by atoms with Crippen LogP contribution in [-0.4, -0.2) is 34.6 Å². The summed E-state index contributed by atoms with van der Waals surface area (Å²) < 4.78 is 26.5. The number of fused-ring (bicyclic) bond motifs is 8. The monoisotopic (exact) mass is 682 g/mol. The summed E-state index contributed by atoms with van der Waals surface area (Å²) in [5, 5.41) is 20.1. The van der Waals surface area contributed by atoms with Crippen molar-refractivity contribution in [1.29, 1.82) is 0 Å². The highest BCUT2D eigenvalue weighted by molar-refractivity contribution is 5.97. The highest BCUT2D eigenvalue weighted by atomic mass is 17.1. The van der Waals surface area contributed by atoms with Crippen LogP contribution in [0.25, 0.3) is 0 Å². The minimum Gasteiger partial charge on any atom is -0.485 e. The van der Waals surface area contributed by atoms with E-state index < -0.39 is 17.0 Å². The summed E-state index contributed by atoms with van der Waals surface area (Å²) in [7, 11) is 0. The van der Waals surface area contributed by atoms with E-state index in [4.69, 9.17) is 18.9 Å². The molecule has 8 rings (SSSR count). The van der Waals surface area contributed by atoms with Crippen LogP contribution in [0.4, 0.5) is 0 Å². The highest BCUT2D eigenvalue weighted by Crippen LogP contribution is 2.66. The van der Waals surface area contributed by atoms with E-state index in [9.17, 15) is 15.2 Å². The van der Waals surface area contributed by atoms with Crippen molar-refractivity contribution in [3.05, 3.63) is 74.3 Å². The molecule has 0 saturated carbocycles. The minimum atomic E-state index is -1.05. The third-order valence-electron chi connectivity index (χ3n) is 13.5. The third-order valence-corrected chi connectivity index (χ3v) is 13.5. The van der Waals surface area contributed by atoms with Crippen molar-refractivity contribution in [1.82, 2.24) is 0 Å². The van der Waals surface area contributed by atoms with Gasteiger partial charge in [-0.1, -0.05) is 55.4 Å². The van der Waals surface area contributed by atoms with Crippen molar-refractivity contribution in [3.63, 3.8) is 0 Å². The first-order chi connectivity index (χ1) is 23.2. The van der Waals surface area contributed by atoms with Gasteiger partial charge in [-0.05, 0) is 108 Å². The number of ether oxygens (including phenoxy) is 4. The van der Waals surface area contributed by atoms with Gasteiger partial charge in [0.1, 0.15) is 29.6 Å². The molecule has 0 amide bonds. The van der Waals surface area contributed by atoms with Crippen LogP contribution in [0.2, 0.25) is 0 Å². The van der Waals surface area contributed by atoms with Crippen molar-refractivity contribution in [2.45, 2.75) is 141 Å². The van der Waals surface area contributed by atoms with Gasteiger partial charge in [0.25, 0.3) is 0 Å². The van der Waals surface area contributed by atoms with Crippen LogP contribution in [0.1, 0.15) is 144 Å². The second-order valence-electron chi connectivity index (χ2n) is 18.3. The van der Waals surface area contributed by atoms with E-state index >= 15 is 0 Å². The van der Waals surface area contributed by atoms with Gasteiger partial charge < -0.3 is 24.1 Å².